The number of aromatic nitrogens is 3. The van der Waals surface area contributed by atoms with Crippen LogP contribution in [-0.4, -0.2) is 21.8 Å². The van der Waals surface area contributed by atoms with Crippen molar-refractivity contribution in [3.05, 3.63) is 23.9 Å². The molecule has 0 amide bonds. The van der Waals surface area contributed by atoms with E-state index in [1.54, 1.807) is 4.68 Å². The molecule has 0 radical (unpaired) electrons. The Morgan fingerprint density at radius 3 is 3.00 bits per heavy atom. The second kappa shape index (κ2) is 5.21. The molecule has 20 heavy (non-hydrogen) atoms. The molecule has 1 aliphatic heterocycles. The molecule has 6 nitrogen and oxygen atoms in total. The predicted octanol–water partition coefficient (Wildman–Crippen LogP) is 2.35. The van der Waals surface area contributed by atoms with Gasteiger partial charge in [-0.25, -0.2) is 4.68 Å². The van der Waals surface area contributed by atoms with Gasteiger partial charge in [-0.15, -0.1) is 5.10 Å². The van der Waals surface area contributed by atoms with E-state index in [0.717, 1.165) is 36.4 Å². The molecule has 0 saturated heterocycles. The molecule has 0 N–H and O–H groups in total. The highest BCUT2D eigenvalue weighted by molar-refractivity contribution is 5.68. The van der Waals surface area contributed by atoms with Gasteiger partial charge in [-0.3, -0.25) is 0 Å². The fraction of sp³-hybridized carbons (Fsp3) is 0.357. The average molecular weight is 270 g/mol. The first-order valence-corrected chi connectivity index (χ1v) is 6.57. The van der Waals surface area contributed by atoms with Crippen molar-refractivity contribution in [3.8, 4) is 28.8 Å². The molecule has 0 spiro atoms. The number of benzene rings is 1. The maximum Gasteiger partial charge on any atom is 0.231 e. The van der Waals surface area contributed by atoms with Gasteiger partial charge in [0.15, 0.2) is 17.2 Å². The van der Waals surface area contributed by atoms with Gasteiger partial charge in [0.2, 0.25) is 6.79 Å². The van der Waals surface area contributed by atoms with E-state index in [9.17, 15) is 5.26 Å². The second-order valence-corrected chi connectivity index (χ2v) is 4.54. The minimum atomic E-state index is 0.233. The molecule has 1 aromatic carbocycles. The Labute approximate surface area is 116 Å². The van der Waals surface area contributed by atoms with Gasteiger partial charge in [-0.05, 0) is 24.6 Å². The maximum absolute atomic E-state index is 9.19. The molecule has 0 bridgehead atoms. The van der Waals surface area contributed by atoms with Gasteiger partial charge in [0.25, 0.3) is 0 Å². The Morgan fingerprint density at radius 1 is 1.35 bits per heavy atom. The van der Waals surface area contributed by atoms with Crippen LogP contribution in [0.25, 0.3) is 11.3 Å². The van der Waals surface area contributed by atoms with E-state index in [-0.39, 0.29) is 6.79 Å². The topological polar surface area (TPSA) is 73.0 Å². The zero-order chi connectivity index (χ0) is 13.9. The summed E-state index contributed by atoms with van der Waals surface area (Å²) >= 11 is 0. The number of hydrogen-bond acceptors (Lipinski definition) is 5. The highest BCUT2D eigenvalue weighted by atomic mass is 16.7. The summed E-state index contributed by atoms with van der Waals surface area (Å²) in [6, 6.07) is 7.70. The van der Waals surface area contributed by atoms with Crippen molar-refractivity contribution in [1.29, 1.82) is 5.26 Å². The van der Waals surface area contributed by atoms with Crippen LogP contribution >= 0.6 is 0 Å². The standard InChI is InChI=1S/C14H14N4O2/c1-2-3-6-18-14(11(8-15)16-17-18)10-4-5-12-13(7-10)20-9-19-12/h4-5,7H,2-3,6,9H2,1H3. The number of ether oxygens (including phenoxy) is 2. The van der Waals surface area contributed by atoms with Gasteiger partial charge < -0.3 is 9.47 Å². The molecular weight excluding hydrogens is 256 g/mol. The Balaban J connectivity index is 2.04. The van der Waals surface area contributed by atoms with Crippen molar-refractivity contribution in [3.63, 3.8) is 0 Å². The van der Waals surface area contributed by atoms with E-state index < -0.39 is 0 Å². The largest absolute Gasteiger partial charge is 0.454 e. The van der Waals surface area contributed by atoms with Crippen LogP contribution in [0, 0.1) is 11.3 Å². The summed E-state index contributed by atoms with van der Waals surface area (Å²) < 4.78 is 12.5. The summed E-state index contributed by atoms with van der Waals surface area (Å²) in [4.78, 5) is 0. The SMILES string of the molecule is CCCCn1nnc(C#N)c1-c1ccc2c(c1)OCO2. The molecule has 1 aliphatic rings. The monoisotopic (exact) mass is 270 g/mol. The second-order valence-electron chi connectivity index (χ2n) is 4.54. The lowest BCUT2D eigenvalue weighted by Gasteiger charge is -2.06. The third-order valence-corrected chi connectivity index (χ3v) is 3.21. The van der Waals surface area contributed by atoms with E-state index in [2.05, 4.69) is 23.3 Å². The number of rotatable bonds is 4. The van der Waals surface area contributed by atoms with E-state index >= 15 is 0 Å². The van der Waals surface area contributed by atoms with Crippen molar-refractivity contribution < 1.29 is 9.47 Å². The Kier molecular flexibility index (Phi) is 3.25. The summed E-state index contributed by atoms with van der Waals surface area (Å²) in [6.07, 6.45) is 2.05. The summed E-state index contributed by atoms with van der Waals surface area (Å²) in [6.45, 7) is 3.09. The van der Waals surface area contributed by atoms with Gasteiger partial charge in [0.05, 0.1) is 0 Å². The zero-order valence-corrected chi connectivity index (χ0v) is 11.2. The summed E-state index contributed by atoms with van der Waals surface area (Å²) in [7, 11) is 0. The number of fused-ring (bicyclic) bond motifs is 1. The van der Waals surface area contributed by atoms with E-state index in [4.69, 9.17) is 9.47 Å². The van der Waals surface area contributed by atoms with Crippen LogP contribution in [0.5, 0.6) is 11.5 Å². The van der Waals surface area contributed by atoms with E-state index in [1.807, 2.05) is 18.2 Å². The number of hydrogen-bond donors (Lipinski definition) is 0. The van der Waals surface area contributed by atoms with Crippen LogP contribution in [0.1, 0.15) is 25.5 Å². The lowest BCUT2D eigenvalue weighted by Crippen LogP contribution is -2.02. The predicted molar refractivity (Wildman–Crippen MR) is 71.2 cm³/mol. The molecule has 2 heterocycles. The van der Waals surface area contributed by atoms with Crippen LogP contribution in [0.2, 0.25) is 0 Å². The number of nitriles is 1. The van der Waals surface area contributed by atoms with Crippen molar-refractivity contribution in [2.24, 2.45) is 0 Å². The number of aryl methyl sites for hydroxylation is 1. The lowest BCUT2D eigenvalue weighted by molar-refractivity contribution is 0.174. The van der Waals surface area contributed by atoms with E-state index in [1.165, 1.54) is 0 Å². The summed E-state index contributed by atoms with van der Waals surface area (Å²) in [5, 5.41) is 17.2. The highest BCUT2D eigenvalue weighted by Crippen LogP contribution is 2.36. The normalized spacial score (nSPS) is 12.4. The number of unbranched alkanes of at least 4 members (excludes halogenated alkanes) is 1. The van der Waals surface area contributed by atoms with Crippen LogP contribution in [0.15, 0.2) is 18.2 Å². The molecule has 0 aliphatic carbocycles. The molecule has 0 atom stereocenters. The average Bonchev–Trinajstić information content (AvgIpc) is 3.10. The molecule has 0 saturated carbocycles. The minimum absolute atomic E-state index is 0.233. The maximum atomic E-state index is 9.19. The first-order valence-electron chi connectivity index (χ1n) is 6.57. The van der Waals surface area contributed by atoms with Gasteiger partial charge in [0.1, 0.15) is 11.8 Å². The first kappa shape index (κ1) is 12.5. The van der Waals surface area contributed by atoms with Gasteiger partial charge in [-0.2, -0.15) is 5.26 Å². The molecule has 3 rings (SSSR count). The van der Waals surface area contributed by atoms with Crippen LogP contribution < -0.4 is 9.47 Å². The quantitative estimate of drug-likeness (QED) is 0.852. The highest BCUT2D eigenvalue weighted by Gasteiger charge is 2.19. The van der Waals surface area contributed by atoms with Gasteiger partial charge in [-0.1, -0.05) is 18.6 Å². The summed E-state index contributed by atoms with van der Waals surface area (Å²) in [5.41, 5.74) is 1.94. The number of nitrogens with zero attached hydrogens (tertiary/aromatic N) is 4. The van der Waals surface area contributed by atoms with Crippen LogP contribution in [0.4, 0.5) is 0 Å². The fourth-order valence-corrected chi connectivity index (χ4v) is 2.18. The Hall–Kier alpha value is -2.55. The summed E-state index contributed by atoms with van der Waals surface area (Å²) in [5.74, 6) is 1.41. The third kappa shape index (κ3) is 2.07. The van der Waals surface area contributed by atoms with Crippen molar-refractivity contribution in [1.82, 2.24) is 15.0 Å². The van der Waals surface area contributed by atoms with Crippen LogP contribution in [0.3, 0.4) is 0 Å². The van der Waals surface area contributed by atoms with Gasteiger partial charge in [0, 0.05) is 12.1 Å². The van der Waals surface area contributed by atoms with Crippen molar-refractivity contribution >= 4 is 0 Å². The molecule has 6 heteroatoms. The molecule has 1 aromatic heterocycles. The van der Waals surface area contributed by atoms with E-state index in [0.29, 0.717) is 11.4 Å². The third-order valence-electron chi connectivity index (χ3n) is 3.21. The Morgan fingerprint density at radius 2 is 2.20 bits per heavy atom. The first-order chi connectivity index (χ1) is 9.83. The molecule has 2 aromatic rings. The van der Waals surface area contributed by atoms with Crippen molar-refractivity contribution in [2.45, 2.75) is 26.3 Å². The molecule has 0 unspecified atom stereocenters. The fourth-order valence-electron chi connectivity index (χ4n) is 2.18. The minimum Gasteiger partial charge on any atom is -0.454 e. The van der Waals surface area contributed by atoms with Crippen LogP contribution in [-0.2, 0) is 6.54 Å². The van der Waals surface area contributed by atoms with Gasteiger partial charge >= 0.3 is 0 Å². The Bertz CT molecular complexity index is 672. The smallest absolute Gasteiger partial charge is 0.231 e. The molecule has 0 fully saturated rings. The lowest BCUT2D eigenvalue weighted by atomic mass is 10.1. The van der Waals surface area contributed by atoms with Crippen molar-refractivity contribution in [2.75, 3.05) is 6.79 Å². The molecular formula is C14H14N4O2. The molecule has 102 valence electrons. The zero-order valence-electron chi connectivity index (χ0n) is 11.2.